The molecule has 1 N–H and O–H groups in total. The maximum Gasteiger partial charge on any atom is 0.213 e. The third-order valence-electron chi connectivity index (χ3n) is 2.86. The van der Waals surface area contributed by atoms with Gasteiger partial charge < -0.3 is 14.6 Å². The van der Waals surface area contributed by atoms with E-state index in [2.05, 4.69) is 4.98 Å². The average Bonchev–Trinajstić information content (AvgIpc) is 2.45. The van der Waals surface area contributed by atoms with Crippen molar-refractivity contribution in [2.24, 2.45) is 0 Å². The van der Waals surface area contributed by atoms with Crippen molar-refractivity contribution in [2.45, 2.75) is 20.1 Å². The van der Waals surface area contributed by atoms with Crippen molar-refractivity contribution in [3.8, 4) is 11.6 Å². The van der Waals surface area contributed by atoms with Crippen LogP contribution in [0.4, 0.5) is 0 Å². The molecule has 0 aliphatic carbocycles. The average molecular weight is 259 g/mol. The van der Waals surface area contributed by atoms with E-state index in [1.54, 1.807) is 13.2 Å². The number of nitrogens with zero attached hydrogens (tertiary/aromatic N) is 1. The molecule has 2 rings (SSSR count). The summed E-state index contributed by atoms with van der Waals surface area (Å²) in [7, 11) is 1.64. The molecule has 0 amide bonds. The molecule has 4 heteroatoms. The van der Waals surface area contributed by atoms with E-state index < -0.39 is 0 Å². The van der Waals surface area contributed by atoms with Gasteiger partial charge in [0, 0.05) is 11.8 Å². The van der Waals surface area contributed by atoms with Crippen LogP contribution in [-0.4, -0.2) is 17.2 Å². The fraction of sp³-hybridized carbons (Fsp3) is 0.267. The van der Waals surface area contributed by atoms with E-state index in [9.17, 15) is 0 Å². The quantitative estimate of drug-likeness (QED) is 0.896. The zero-order valence-corrected chi connectivity index (χ0v) is 11.1. The Morgan fingerprint density at radius 3 is 2.74 bits per heavy atom. The first-order valence-corrected chi connectivity index (χ1v) is 6.06. The summed E-state index contributed by atoms with van der Waals surface area (Å²) in [5.74, 6) is 1.36. The van der Waals surface area contributed by atoms with E-state index in [-0.39, 0.29) is 6.61 Å². The summed E-state index contributed by atoms with van der Waals surface area (Å²) >= 11 is 0. The Morgan fingerprint density at radius 2 is 2.05 bits per heavy atom. The number of benzene rings is 1. The van der Waals surface area contributed by atoms with E-state index in [1.807, 2.05) is 37.3 Å². The molecule has 0 bridgehead atoms. The van der Waals surface area contributed by atoms with E-state index in [1.165, 1.54) is 0 Å². The lowest BCUT2D eigenvalue weighted by atomic mass is 10.2. The molecule has 0 fully saturated rings. The number of rotatable bonds is 5. The van der Waals surface area contributed by atoms with Crippen LogP contribution in [0.5, 0.6) is 11.6 Å². The minimum absolute atomic E-state index is 0.00496. The second-order valence-corrected chi connectivity index (χ2v) is 4.19. The SMILES string of the molecule is COc1cccc(COc2ccc(CO)c(C)n2)c1. The van der Waals surface area contributed by atoms with Gasteiger partial charge in [-0.2, -0.15) is 0 Å². The summed E-state index contributed by atoms with van der Waals surface area (Å²) in [5.41, 5.74) is 2.62. The molecule has 1 heterocycles. The van der Waals surface area contributed by atoms with Gasteiger partial charge in [-0.1, -0.05) is 12.1 Å². The van der Waals surface area contributed by atoms with Crippen molar-refractivity contribution in [3.05, 3.63) is 53.2 Å². The highest BCUT2D eigenvalue weighted by Gasteiger charge is 2.02. The number of ether oxygens (including phenoxy) is 2. The van der Waals surface area contributed by atoms with Crippen molar-refractivity contribution in [2.75, 3.05) is 7.11 Å². The van der Waals surface area contributed by atoms with Crippen molar-refractivity contribution >= 4 is 0 Å². The summed E-state index contributed by atoms with van der Waals surface area (Å²) in [6, 6.07) is 11.3. The molecule has 0 aliphatic rings. The number of hydrogen-bond acceptors (Lipinski definition) is 4. The van der Waals surface area contributed by atoms with Crippen LogP contribution in [0.1, 0.15) is 16.8 Å². The van der Waals surface area contributed by atoms with Gasteiger partial charge in [-0.05, 0) is 36.2 Å². The fourth-order valence-corrected chi connectivity index (χ4v) is 1.73. The Bertz CT molecular complexity index is 555. The molecule has 4 nitrogen and oxygen atoms in total. The van der Waals surface area contributed by atoms with E-state index >= 15 is 0 Å². The molecular formula is C15H17NO3. The summed E-state index contributed by atoms with van der Waals surface area (Å²) in [6.45, 7) is 2.28. The van der Waals surface area contributed by atoms with Crippen LogP contribution in [0, 0.1) is 6.92 Å². The van der Waals surface area contributed by atoms with Crippen molar-refractivity contribution in [3.63, 3.8) is 0 Å². The van der Waals surface area contributed by atoms with Gasteiger partial charge in [0.2, 0.25) is 5.88 Å². The largest absolute Gasteiger partial charge is 0.497 e. The molecule has 0 unspecified atom stereocenters. The maximum atomic E-state index is 9.08. The highest BCUT2D eigenvalue weighted by atomic mass is 16.5. The first-order chi connectivity index (χ1) is 9.22. The van der Waals surface area contributed by atoms with Gasteiger partial charge in [0.05, 0.1) is 13.7 Å². The van der Waals surface area contributed by atoms with Crippen LogP contribution in [-0.2, 0) is 13.2 Å². The van der Waals surface area contributed by atoms with E-state index in [0.29, 0.717) is 12.5 Å². The lowest BCUT2D eigenvalue weighted by Gasteiger charge is -2.08. The molecule has 0 saturated carbocycles. The molecule has 0 radical (unpaired) electrons. The Kier molecular flexibility index (Phi) is 4.36. The predicted molar refractivity (Wildman–Crippen MR) is 72.2 cm³/mol. The summed E-state index contributed by atoms with van der Waals surface area (Å²) in [4.78, 5) is 4.29. The number of aryl methyl sites for hydroxylation is 1. The van der Waals surface area contributed by atoms with Crippen molar-refractivity contribution in [1.29, 1.82) is 0 Å². The lowest BCUT2D eigenvalue weighted by molar-refractivity contribution is 0.276. The van der Waals surface area contributed by atoms with Gasteiger partial charge in [0.25, 0.3) is 0 Å². The van der Waals surface area contributed by atoms with Crippen LogP contribution in [0.2, 0.25) is 0 Å². The fourth-order valence-electron chi connectivity index (χ4n) is 1.73. The van der Waals surface area contributed by atoms with Gasteiger partial charge >= 0.3 is 0 Å². The molecule has 100 valence electrons. The normalized spacial score (nSPS) is 10.3. The van der Waals surface area contributed by atoms with Crippen LogP contribution >= 0.6 is 0 Å². The summed E-state index contributed by atoms with van der Waals surface area (Å²) in [6.07, 6.45) is 0. The van der Waals surface area contributed by atoms with Gasteiger partial charge in [0.1, 0.15) is 12.4 Å². The molecule has 0 atom stereocenters. The minimum Gasteiger partial charge on any atom is -0.497 e. The number of aliphatic hydroxyl groups excluding tert-OH is 1. The number of pyridine rings is 1. The van der Waals surface area contributed by atoms with E-state index in [0.717, 1.165) is 22.6 Å². The maximum absolute atomic E-state index is 9.08. The van der Waals surface area contributed by atoms with Gasteiger partial charge in [-0.3, -0.25) is 0 Å². The molecule has 2 aromatic rings. The third-order valence-corrected chi connectivity index (χ3v) is 2.86. The van der Waals surface area contributed by atoms with E-state index in [4.69, 9.17) is 14.6 Å². The second-order valence-electron chi connectivity index (χ2n) is 4.19. The Labute approximate surface area is 112 Å². The van der Waals surface area contributed by atoms with Gasteiger partial charge in [-0.25, -0.2) is 4.98 Å². The minimum atomic E-state index is -0.00496. The molecule has 1 aromatic heterocycles. The Morgan fingerprint density at radius 1 is 1.21 bits per heavy atom. The number of aliphatic hydroxyl groups is 1. The first-order valence-electron chi connectivity index (χ1n) is 6.06. The Hall–Kier alpha value is -2.07. The van der Waals surface area contributed by atoms with Gasteiger partial charge in [-0.15, -0.1) is 0 Å². The molecule has 19 heavy (non-hydrogen) atoms. The molecular weight excluding hydrogens is 242 g/mol. The summed E-state index contributed by atoms with van der Waals surface area (Å²) in [5, 5.41) is 9.08. The van der Waals surface area contributed by atoms with Crippen molar-refractivity contribution in [1.82, 2.24) is 4.98 Å². The molecule has 0 aliphatic heterocycles. The van der Waals surface area contributed by atoms with Crippen LogP contribution < -0.4 is 9.47 Å². The third kappa shape index (κ3) is 3.45. The van der Waals surface area contributed by atoms with Crippen LogP contribution in [0.25, 0.3) is 0 Å². The standard InChI is InChI=1S/C15H17NO3/c1-11-13(9-17)6-7-15(16-11)19-10-12-4-3-5-14(8-12)18-2/h3-8,17H,9-10H2,1-2H3. The van der Waals surface area contributed by atoms with Crippen LogP contribution in [0.3, 0.4) is 0 Å². The molecule has 0 saturated heterocycles. The predicted octanol–water partition coefficient (Wildman–Crippen LogP) is 2.47. The smallest absolute Gasteiger partial charge is 0.213 e. The monoisotopic (exact) mass is 259 g/mol. The zero-order chi connectivity index (χ0) is 13.7. The molecule has 1 aromatic carbocycles. The lowest BCUT2D eigenvalue weighted by Crippen LogP contribution is -2.00. The number of methoxy groups -OCH3 is 1. The van der Waals surface area contributed by atoms with Crippen LogP contribution in [0.15, 0.2) is 36.4 Å². The second kappa shape index (κ2) is 6.20. The van der Waals surface area contributed by atoms with Crippen molar-refractivity contribution < 1.29 is 14.6 Å². The molecule has 0 spiro atoms. The first kappa shape index (κ1) is 13.4. The zero-order valence-electron chi connectivity index (χ0n) is 11.1. The topological polar surface area (TPSA) is 51.6 Å². The number of hydrogen-bond donors (Lipinski definition) is 1. The van der Waals surface area contributed by atoms with Gasteiger partial charge in [0.15, 0.2) is 0 Å². The highest BCUT2D eigenvalue weighted by molar-refractivity contribution is 5.29. The Balaban J connectivity index is 2.03. The summed E-state index contributed by atoms with van der Waals surface area (Å²) < 4.78 is 10.8. The number of aromatic nitrogens is 1. The highest BCUT2D eigenvalue weighted by Crippen LogP contribution is 2.16.